The van der Waals surface area contributed by atoms with Crippen molar-refractivity contribution in [2.75, 3.05) is 10.6 Å². The van der Waals surface area contributed by atoms with E-state index >= 15 is 0 Å². The number of hydrogen-bond acceptors (Lipinski definition) is 6. The van der Waals surface area contributed by atoms with Gasteiger partial charge in [0.2, 0.25) is 11.8 Å². The Morgan fingerprint density at radius 1 is 1.06 bits per heavy atom. The van der Waals surface area contributed by atoms with Crippen LogP contribution >= 0.6 is 22.9 Å². The van der Waals surface area contributed by atoms with Gasteiger partial charge in [0.1, 0.15) is 0 Å². The van der Waals surface area contributed by atoms with Gasteiger partial charge in [0.15, 0.2) is 5.13 Å². The normalized spacial score (nSPS) is 17.5. The predicted molar refractivity (Wildman–Crippen MR) is 119 cm³/mol. The van der Waals surface area contributed by atoms with Gasteiger partial charge in [-0.3, -0.25) is 20.2 Å². The molecule has 2 aliphatic carbocycles. The van der Waals surface area contributed by atoms with Crippen LogP contribution < -0.4 is 10.6 Å². The molecule has 1 unspecified atom stereocenters. The van der Waals surface area contributed by atoms with Crippen molar-refractivity contribution in [3.8, 4) is 0 Å². The third-order valence-corrected chi connectivity index (χ3v) is 7.09. The third kappa shape index (κ3) is 4.09. The van der Waals surface area contributed by atoms with Gasteiger partial charge in [0.25, 0.3) is 5.91 Å². The molecule has 0 saturated carbocycles. The van der Waals surface area contributed by atoms with Gasteiger partial charge in [-0.05, 0) is 69.2 Å². The molecule has 160 valence electrons. The van der Waals surface area contributed by atoms with Crippen LogP contribution in [-0.2, 0) is 24.1 Å². The number of aromatic nitrogens is 2. The first kappa shape index (κ1) is 20.2. The van der Waals surface area contributed by atoms with Gasteiger partial charge in [-0.2, -0.15) is 0 Å². The SMILES string of the molecule is O=C(Nc1nc2c(s1)CCCC2C(=O)Nc1onc2c1CCCC2)c1ccc(Cl)cc1. The lowest BCUT2D eigenvalue weighted by atomic mass is 9.90. The lowest BCUT2D eigenvalue weighted by Gasteiger charge is -2.20. The zero-order valence-electron chi connectivity index (χ0n) is 16.7. The van der Waals surface area contributed by atoms with Crippen LogP contribution in [0.2, 0.25) is 5.02 Å². The fourth-order valence-corrected chi connectivity index (χ4v) is 5.37. The molecule has 0 spiro atoms. The van der Waals surface area contributed by atoms with Crippen LogP contribution in [0, 0.1) is 0 Å². The highest BCUT2D eigenvalue weighted by atomic mass is 35.5. The summed E-state index contributed by atoms with van der Waals surface area (Å²) >= 11 is 7.32. The Bertz CT molecular complexity index is 1140. The number of carbonyl (C=O) groups excluding carboxylic acids is 2. The fourth-order valence-electron chi connectivity index (χ4n) is 4.19. The van der Waals surface area contributed by atoms with Crippen LogP contribution in [-0.4, -0.2) is 22.0 Å². The summed E-state index contributed by atoms with van der Waals surface area (Å²) in [6, 6.07) is 6.68. The molecule has 2 aliphatic rings. The summed E-state index contributed by atoms with van der Waals surface area (Å²) in [4.78, 5) is 31.2. The summed E-state index contributed by atoms with van der Waals surface area (Å²) in [5.74, 6) is -0.285. The molecule has 9 heteroatoms. The van der Waals surface area contributed by atoms with Crippen molar-refractivity contribution in [1.82, 2.24) is 10.1 Å². The van der Waals surface area contributed by atoms with E-state index in [1.807, 2.05) is 0 Å². The Kier molecular flexibility index (Phi) is 5.50. The molecule has 2 amide bonds. The van der Waals surface area contributed by atoms with E-state index in [0.29, 0.717) is 28.0 Å². The Morgan fingerprint density at radius 3 is 2.71 bits per heavy atom. The fraction of sp³-hybridized carbons (Fsp3) is 0.364. The van der Waals surface area contributed by atoms with Crippen molar-refractivity contribution in [1.29, 1.82) is 0 Å². The minimum Gasteiger partial charge on any atom is -0.338 e. The van der Waals surface area contributed by atoms with E-state index in [1.54, 1.807) is 24.3 Å². The maximum Gasteiger partial charge on any atom is 0.257 e. The van der Waals surface area contributed by atoms with Gasteiger partial charge in [0.05, 0.1) is 17.3 Å². The number of rotatable bonds is 4. The van der Waals surface area contributed by atoms with Gasteiger partial charge in [-0.15, -0.1) is 11.3 Å². The average Bonchev–Trinajstić information content (AvgIpc) is 3.37. The number of thiazole rings is 1. The molecule has 2 heterocycles. The number of hydrogen-bond donors (Lipinski definition) is 2. The first-order chi connectivity index (χ1) is 15.1. The number of aryl methyl sites for hydroxylation is 2. The molecule has 5 rings (SSSR count). The molecule has 2 aromatic heterocycles. The molecule has 0 bridgehead atoms. The Hall–Kier alpha value is -2.71. The molecule has 0 fully saturated rings. The lowest BCUT2D eigenvalue weighted by Crippen LogP contribution is -2.25. The van der Waals surface area contributed by atoms with E-state index in [9.17, 15) is 9.59 Å². The van der Waals surface area contributed by atoms with Crippen LogP contribution in [0.1, 0.15) is 63.8 Å². The standard InChI is InChI=1S/C22H21ClN4O3S/c23-13-10-8-12(9-11-13)19(28)26-22-24-18-15(5-3-7-17(18)31-22)20(29)25-21-14-4-1-2-6-16(14)27-30-21/h8-11,15H,1-7H2,(H,25,29)(H,24,26,28). The smallest absolute Gasteiger partial charge is 0.257 e. The van der Waals surface area contributed by atoms with Crippen molar-refractivity contribution in [2.24, 2.45) is 0 Å². The molecule has 2 N–H and O–H groups in total. The molecule has 1 atom stereocenters. The predicted octanol–water partition coefficient (Wildman–Crippen LogP) is 4.97. The third-order valence-electron chi connectivity index (χ3n) is 5.79. The number of amides is 2. The van der Waals surface area contributed by atoms with Gasteiger partial charge in [-0.1, -0.05) is 16.8 Å². The number of benzene rings is 1. The molecule has 3 aromatic rings. The van der Waals surface area contributed by atoms with E-state index in [2.05, 4.69) is 20.8 Å². The molecular weight excluding hydrogens is 436 g/mol. The highest BCUT2D eigenvalue weighted by Gasteiger charge is 2.32. The zero-order chi connectivity index (χ0) is 21.4. The first-order valence-corrected chi connectivity index (χ1v) is 11.6. The van der Waals surface area contributed by atoms with Crippen LogP contribution in [0.5, 0.6) is 0 Å². The van der Waals surface area contributed by atoms with Crippen LogP contribution in [0.15, 0.2) is 28.8 Å². The molecule has 0 aliphatic heterocycles. The van der Waals surface area contributed by atoms with Gasteiger partial charge >= 0.3 is 0 Å². The monoisotopic (exact) mass is 456 g/mol. The summed E-state index contributed by atoms with van der Waals surface area (Å²) in [6.45, 7) is 0. The summed E-state index contributed by atoms with van der Waals surface area (Å²) in [6.07, 6.45) is 6.41. The number of anilines is 2. The van der Waals surface area contributed by atoms with E-state index in [4.69, 9.17) is 16.1 Å². The quantitative estimate of drug-likeness (QED) is 0.577. The summed E-state index contributed by atoms with van der Waals surface area (Å²) in [5.41, 5.74) is 3.21. The highest BCUT2D eigenvalue weighted by molar-refractivity contribution is 7.16. The Morgan fingerprint density at radius 2 is 1.87 bits per heavy atom. The van der Waals surface area contributed by atoms with Crippen LogP contribution in [0.4, 0.5) is 11.0 Å². The van der Waals surface area contributed by atoms with Crippen molar-refractivity contribution in [3.05, 3.63) is 56.7 Å². The van der Waals surface area contributed by atoms with Gasteiger partial charge in [0, 0.05) is 21.0 Å². The molecule has 7 nitrogen and oxygen atoms in total. The van der Waals surface area contributed by atoms with Crippen molar-refractivity contribution in [3.63, 3.8) is 0 Å². The maximum atomic E-state index is 13.1. The molecule has 0 saturated heterocycles. The summed E-state index contributed by atoms with van der Waals surface area (Å²) in [5, 5.41) is 11.0. The second-order valence-corrected chi connectivity index (χ2v) is 9.39. The number of halogens is 1. The van der Waals surface area contributed by atoms with E-state index in [0.717, 1.165) is 60.4 Å². The minimum absolute atomic E-state index is 0.133. The van der Waals surface area contributed by atoms with E-state index in [-0.39, 0.29) is 17.7 Å². The van der Waals surface area contributed by atoms with Crippen LogP contribution in [0.25, 0.3) is 0 Å². The van der Waals surface area contributed by atoms with Gasteiger partial charge < -0.3 is 4.52 Å². The maximum absolute atomic E-state index is 13.1. The second kappa shape index (κ2) is 8.43. The van der Waals surface area contributed by atoms with Crippen molar-refractivity contribution >= 4 is 45.8 Å². The lowest BCUT2D eigenvalue weighted by molar-refractivity contribution is -0.118. The Labute approximate surface area is 188 Å². The molecule has 1 aromatic carbocycles. The van der Waals surface area contributed by atoms with E-state index in [1.165, 1.54) is 11.3 Å². The largest absolute Gasteiger partial charge is 0.338 e. The minimum atomic E-state index is -0.370. The summed E-state index contributed by atoms with van der Waals surface area (Å²) in [7, 11) is 0. The van der Waals surface area contributed by atoms with Crippen molar-refractivity contribution in [2.45, 2.75) is 50.9 Å². The van der Waals surface area contributed by atoms with Crippen molar-refractivity contribution < 1.29 is 14.1 Å². The zero-order valence-corrected chi connectivity index (χ0v) is 18.3. The van der Waals surface area contributed by atoms with E-state index < -0.39 is 0 Å². The average molecular weight is 457 g/mol. The number of carbonyl (C=O) groups is 2. The summed E-state index contributed by atoms with van der Waals surface area (Å²) < 4.78 is 5.42. The number of nitrogens with one attached hydrogen (secondary N) is 2. The highest BCUT2D eigenvalue weighted by Crippen LogP contribution is 2.38. The van der Waals surface area contributed by atoms with Gasteiger partial charge in [-0.25, -0.2) is 4.98 Å². The first-order valence-electron chi connectivity index (χ1n) is 10.4. The second-order valence-electron chi connectivity index (χ2n) is 7.87. The molecule has 31 heavy (non-hydrogen) atoms. The molecular formula is C22H21ClN4O3S. The number of nitrogens with zero attached hydrogens (tertiary/aromatic N) is 2. The Balaban J connectivity index is 1.32. The van der Waals surface area contributed by atoms with Crippen LogP contribution in [0.3, 0.4) is 0 Å². The number of fused-ring (bicyclic) bond motifs is 2. The molecule has 0 radical (unpaired) electrons. The topological polar surface area (TPSA) is 97.1 Å².